The first-order valence-electron chi connectivity index (χ1n) is 7.72. The lowest BCUT2D eigenvalue weighted by Gasteiger charge is -2.21. The minimum atomic E-state index is -0.213. The average Bonchev–Trinajstić information content (AvgIpc) is 3.07. The van der Waals surface area contributed by atoms with Crippen molar-refractivity contribution in [3.05, 3.63) is 58.3 Å². The molecule has 2 aromatic rings. The Morgan fingerprint density at radius 2 is 1.83 bits per heavy atom. The largest absolute Gasteiger partial charge is 0.348 e. The maximum Gasteiger partial charge on any atom is 0.261 e. The van der Waals surface area contributed by atoms with Gasteiger partial charge in [-0.1, -0.05) is 50.2 Å². The SMILES string of the molecule is CC(C)CC(NC(=O)CNC(=O)c1cccs1)c1ccccc1. The van der Waals surface area contributed by atoms with Crippen molar-refractivity contribution >= 4 is 23.2 Å². The lowest BCUT2D eigenvalue weighted by Crippen LogP contribution is -2.38. The number of thiophene rings is 1. The van der Waals surface area contributed by atoms with Crippen molar-refractivity contribution in [1.29, 1.82) is 0 Å². The van der Waals surface area contributed by atoms with Gasteiger partial charge in [-0.25, -0.2) is 0 Å². The summed E-state index contributed by atoms with van der Waals surface area (Å²) in [5, 5.41) is 7.51. The Hall–Kier alpha value is -2.14. The van der Waals surface area contributed by atoms with E-state index in [1.807, 2.05) is 41.8 Å². The summed E-state index contributed by atoms with van der Waals surface area (Å²) in [4.78, 5) is 24.6. The number of hydrogen-bond donors (Lipinski definition) is 2. The highest BCUT2D eigenvalue weighted by molar-refractivity contribution is 7.12. The van der Waals surface area contributed by atoms with Crippen molar-refractivity contribution in [3.8, 4) is 0 Å². The highest BCUT2D eigenvalue weighted by Gasteiger charge is 2.16. The molecule has 2 N–H and O–H groups in total. The molecule has 0 saturated heterocycles. The third-order valence-corrected chi connectivity index (χ3v) is 4.27. The summed E-state index contributed by atoms with van der Waals surface area (Å²) in [6.45, 7) is 4.24. The quantitative estimate of drug-likeness (QED) is 0.817. The van der Waals surface area contributed by atoms with Crippen LogP contribution in [0.2, 0.25) is 0 Å². The van der Waals surface area contributed by atoms with E-state index in [1.165, 1.54) is 11.3 Å². The lowest BCUT2D eigenvalue weighted by molar-refractivity contribution is -0.121. The summed E-state index contributed by atoms with van der Waals surface area (Å²) < 4.78 is 0. The maximum atomic E-state index is 12.2. The summed E-state index contributed by atoms with van der Waals surface area (Å²) in [5.74, 6) is 0.0703. The third-order valence-electron chi connectivity index (χ3n) is 3.40. The molecule has 2 amide bonds. The third kappa shape index (κ3) is 5.53. The van der Waals surface area contributed by atoms with Gasteiger partial charge in [-0.15, -0.1) is 11.3 Å². The molecule has 0 aliphatic carbocycles. The monoisotopic (exact) mass is 330 g/mol. The first-order valence-corrected chi connectivity index (χ1v) is 8.60. The van der Waals surface area contributed by atoms with E-state index in [0.29, 0.717) is 10.8 Å². The number of amides is 2. The predicted molar refractivity (Wildman–Crippen MR) is 93.4 cm³/mol. The second-order valence-corrected chi connectivity index (χ2v) is 6.77. The van der Waals surface area contributed by atoms with E-state index in [2.05, 4.69) is 24.5 Å². The van der Waals surface area contributed by atoms with Gasteiger partial charge in [-0.3, -0.25) is 9.59 Å². The molecule has 0 bridgehead atoms. The van der Waals surface area contributed by atoms with Gasteiger partial charge in [0.05, 0.1) is 17.5 Å². The molecule has 0 radical (unpaired) electrons. The van der Waals surface area contributed by atoms with Crippen LogP contribution >= 0.6 is 11.3 Å². The Bertz CT molecular complexity index is 624. The van der Waals surface area contributed by atoms with E-state index in [0.717, 1.165) is 12.0 Å². The van der Waals surface area contributed by atoms with Crippen molar-refractivity contribution in [2.75, 3.05) is 6.54 Å². The molecule has 0 fully saturated rings. The van der Waals surface area contributed by atoms with Gasteiger partial charge in [0, 0.05) is 0 Å². The number of rotatable bonds is 7. The van der Waals surface area contributed by atoms with E-state index in [-0.39, 0.29) is 24.4 Å². The van der Waals surface area contributed by atoms with Crippen LogP contribution in [-0.4, -0.2) is 18.4 Å². The molecule has 0 aliphatic heterocycles. The second-order valence-electron chi connectivity index (χ2n) is 5.82. The van der Waals surface area contributed by atoms with Crippen molar-refractivity contribution in [2.24, 2.45) is 5.92 Å². The molecule has 5 heteroatoms. The van der Waals surface area contributed by atoms with Crippen LogP contribution in [0.5, 0.6) is 0 Å². The summed E-state index contributed by atoms with van der Waals surface area (Å²) in [6.07, 6.45) is 0.856. The fraction of sp³-hybridized carbons (Fsp3) is 0.333. The first-order chi connectivity index (χ1) is 11.1. The second kappa shape index (κ2) is 8.48. The molecular formula is C18H22N2O2S. The van der Waals surface area contributed by atoms with Gasteiger partial charge in [0.15, 0.2) is 0 Å². The van der Waals surface area contributed by atoms with Crippen molar-refractivity contribution < 1.29 is 9.59 Å². The number of hydrogen-bond acceptors (Lipinski definition) is 3. The molecule has 0 spiro atoms. The van der Waals surface area contributed by atoms with Gasteiger partial charge in [0.1, 0.15) is 0 Å². The van der Waals surface area contributed by atoms with E-state index in [1.54, 1.807) is 6.07 Å². The summed E-state index contributed by atoms with van der Waals surface area (Å²) in [5.41, 5.74) is 1.08. The smallest absolute Gasteiger partial charge is 0.261 e. The topological polar surface area (TPSA) is 58.2 Å². The Labute approximate surface area is 140 Å². The van der Waals surface area contributed by atoms with Gasteiger partial charge in [-0.05, 0) is 29.3 Å². The maximum absolute atomic E-state index is 12.2. The van der Waals surface area contributed by atoms with Crippen LogP contribution in [0.25, 0.3) is 0 Å². The van der Waals surface area contributed by atoms with Crippen LogP contribution < -0.4 is 10.6 Å². The molecule has 122 valence electrons. The molecule has 0 aliphatic rings. The number of carbonyl (C=O) groups is 2. The number of benzene rings is 1. The van der Waals surface area contributed by atoms with Gasteiger partial charge in [-0.2, -0.15) is 0 Å². The predicted octanol–water partition coefficient (Wildman–Crippen LogP) is 3.38. The molecule has 1 atom stereocenters. The normalized spacial score (nSPS) is 12.0. The van der Waals surface area contributed by atoms with E-state index in [9.17, 15) is 9.59 Å². The Morgan fingerprint density at radius 1 is 1.09 bits per heavy atom. The van der Waals surface area contributed by atoms with Crippen molar-refractivity contribution in [3.63, 3.8) is 0 Å². The van der Waals surface area contributed by atoms with Gasteiger partial charge in [0.25, 0.3) is 5.91 Å². The van der Waals surface area contributed by atoms with Gasteiger partial charge < -0.3 is 10.6 Å². The standard InChI is InChI=1S/C18H22N2O2S/c1-13(2)11-15(14-7-4-3-5-8-14)20-17(21)12-19-18(22)16-9-6-10-23-16/h3-10,13,15H,11-12H2,1-2H3,(H,19,22)(H,20,21). The van der Waals surface area contributed by atoms with Gasteiger partial charge >= 0.3 is 0 Å². The highest BCUT2D eigenvalue weighted by atomic mass is 32.1. The molecule has 1 aromatic heterocycles. The van der Waals surface area contributed by atoms with E-state index < -0.39 is 0 Å². The fourth-order valence-corrected chi connectivity index (χ4v) is 2.98. The van der Waals surface area contributed by atoms with Crippen LogP contribution in [0.3, 0.4) is 0 Å². The van der Waals surface area contributed by atoms with Crippen LogP contribution in [0.15, 0.2) is 47.8 Å². The fourth-order valence-electron chi connectivity index (χ4n) is 2.34. The molecule has 23 heavy (non-hydrogen) atoms. The van der Waals surface area contributed by atoms with E-state index >= 15 is 0 Å². The van der Waals surface area contributed by atoms with Crippen LogP contribution in [-0.2, 0) is 4.79 Å². The Morgan fingerprint density at radius 3 is 2.43 bits per heavy atom. The van der Waals surface area contributed by atoms with Crippen molar-refractivity contribution in [2.45, 2.75) is 26.3 Å². The average molecular weight is 330 g/mol. The molecule has 1 aromatic carbocycles. The number of nitrogens with one attached hydrogen (secondary N) is 2. The molecule has 4 nitrogen and oxygen atoms in total. The summed E-state index contributed by atoms with van der Waals surface area (Å²) in [7, 11) is 0. The Kier molecular flexibility index (Phi) is 6.35. The highest BCUT2D eigenvalue weighted by Crippen LogP contribution is 2.20. The molecule has 1 unspecified atom stereocenters. The molecule has 2 rings (SSSR count). The Balaban J connectivity index is 1.91. The molecular weight excluding hydrogens is 308 g/mol. The molecule has 0 saturated carbocycles. The minimum absolute atomic E-state index is 0.0157. The van der Waals surface area contributed by atoms with Gasteiger partial charge in [0.2, 0.25) is 5.91 Å². The molecule has 1 heterocycles. The van der Waals surface area contributed by atoms with E-state index in [4.69, 9.17) is 0 Å². The van der Waals surface area contributed by atoms with Crippen molar-refractivity contribution in [1.82, 2.24) is 10.6 Å². The zero-order chi connectivity index (χ0) is 16.7. The lowest BCUT2D eigenvalue weighted by atomic mass is 9.97. The zero-order valence-electron chi connectivity index (χ0n) is 13.4. The number of carbonyl (C=O) groups excluding carboxylic acids is 2. The summed E-state index contributed by atoms with van der Waals surface area (Å²) in [6, 6.07) is 13.4. The summed E-state index contributed by atoms with van der Waals surface area (Å²) >= 11 is 1.36. The zero-order valence-corrected chi connectivity index (χ0v) is 14.2. The van der Waals surface area contributed by atoms with Crippen LogP contribution in [0, 0.1) is 5.92 Å². The van der Waals surface area contributed by atoms with Crippen LogP contribution in [0.1, 0.15) is 41.5 Å². The van der Waals surface area contributed by atoms with Crippen LogP contribution in [0.4, 0.5) is 0 Å². The first kappa shape index (κ1) is 17.2. The minimum Gasteiger partial charge on any atom is -0.348 e.